The number of carbonyl (C=O) groups is 6. The van der Waals surface area contributed by atoms with Crippen LogP contribution in [0.15, 0.2) is 0 Å². The van der Waals surface area contributed by atoms with Gasteiger partial charge in [-0.05, 0) is 25.8 Å². The maximum Gasteiger partial charge on any atom is 0.322 e. The molecule has 0 saturated carbocycles. The molecule has 0 saturated heterocycles. The van der Waals surface area contributed by atoms with Gasteiger partial charge in [0, 0.05) is 38.9 Å². The lowest BCUT2D eigenvalue weighted by molar-refractivity contribution is -0.138. The van der Waals surface area contributed by atoms with Gasteiger partial charge in [-0.3, -0.25) is 33.6 Å². The van der Waals surface area contributed by atoms with Crippen LogP contribution in [0.25, 0.3) is 0 Å². The molecular formula is C39H76N6O11. The number of carboxylic acids is 2. The largest absolute Gasteiger partial charge is 0.481 e. The van der Waals surface area contributed by atoms with E-state index in [1.54, 1.807) is 6.92 Å². The normalized spacial score (nSPS) is 9.89. The third-order valence-electron chi connectivity index (χ3n) is 7.52. The Kier molecular flexibility index (Phi) is 53.8. The van der Waals surface area contributed by atoms with Crippen LogP contribution in [0.4, 0.5) is 0 Å². The molecule has 0 spiro atoms. The van der Waals surface area contributed by atoms with E-state index < -0.39 is 11.9 Å². The monoisotopic (exact) mass is 805 g/mol. The van der Waals surface area contributed by atoms with Crippen LogP contribution in [-0.2, 0) is 43.1 Å². The van der Waals surface area contributed by atoms with Crippen LogP contribution in [0.2, 0.25) is 0 Å². The van der Waals surface area contributed by atoms with Crippen LogP contribution in [0.3, 0.4) is 0 Å². The molecule has 0 aromatic rings. The van der Waals surface area contributed by atoms with E-state index in [4.69, 9.17) is 31.3 Å². The molecule has 0 heterocycles. The second-order valence-corrected chi connectivity index (χ2v) is 12.5. The maximum absolute atomic E-state index is 11.4. The second-order valence-electron chi connectivity index (χ2n) is 12.5. The molecule has 0 aromatic carbocycles. The molecule has 56 heavy (non-hydrogen) atoms. The molecule has 10 N–H and O–H groups in total. The molecule has 0 bridgehead atoms. The zero-order valence-corrected chi connectivity index (χ0v) is 34.4. The molecule has 0 aliphatic carbocycles. The number of aliphatic carboxylic acids is 2. The summed E-state index contributed by atoms with van der Waals surface area (Å²) in [7, 11) is 0. The average molecular weight is 805 g/mol. The topological polar surface area (TPSA) is 271 Å². The predicted molar refractivity (Wildman–Crippen MR) is 217 cm³/mol. The number of amides is 4. The van der Waals surface area contributed by atoms with Crippen molar-refractivity contribution in [1.82, 2.24) is 21.3 Å². The Morgan fingerprint density at radius 1 is 0.518 bits per heavy atom. The third-order valence-corrected chi connectivity index (χ3v) is 7.52. The molecular weight excluding hydrogens is 728 g/mol. The minimum absolute atomic E-state index is 0.0201. The van der Waals surface area contributed by atoms with Crippen molar-refractivity contribution in [2.24, 2.45) is 11.6 Å². The van der Waals surface area contributed by atoms with Gasteiger partial charge < -0.3 is 46.7 Å². The third kappa shape index (κ3) is 59.5. The van der Waals surface area contributed by atoms with Gasteiger partial charge in [0.25, 0.3) is 0 Å². The van der Waals surface area contributed by atoms with Crippen LogP contribution in [0, 0.1) is 12.8 Å². The Bertz CT molecular complexity index is 969. The molecule has 4 amide bonds. The molecule has 17 heteroatoms. The summed E-state index contributed by atoms with van der Waals surface area (Å²) in [6.45, 7) is 6.18. The zero-order chi connectivity index (χ0) is 42.9. The Morgan fingerprint density at radius 2 is 0.964 bits per heavy atom. The van der Waals surface area contributed by atoms with Crippen molar-refractivity contribution < 1.29 is 53.3 Å². The van der Waals surface area contributed by atoms with Gasteiger partial charge in [0.15, 0.2) is 0 Å². The van der Waals surface area contributed by atoms with Crippen molar-refractivity contribution in [3.8, 4) is 12.8 Å². The number of ether oxygens (including phenoxy) is 2. The Balaban J connectivity index is -0.000000415. The van der Waals surface area contributed by atoms with Gasteiger partial charge >= 0.3 is 11.9 Å². The maximum atomic E-state index is 11.4. The fourth-order valence-corrected chi connectivity index (χ4v) is 4.50. The number of nitrogens with one attached hydrogen (secondary N) is 4. The van der Waals surface area contributed by atoms with E-state index in [0.29, 0.717) is 39.0 Å². The number of nitrogens with two attached hydrogens (primary N) is 2. The van der Waals surface area contributed by atoms with E-state index in [2.05, 4.69) is 45.9 Å². The summed E-state index contributed by atoms with van der Waals surface area (Å²) < 4.78 is 10.3. The van der Waals surface area contributed by atoms with E-state index in [1.165, 1.54) is 64.2 Å². The van der Waals surface area contributed by atoms with Crippen molar-refractivity contribution in [2.45, 2.75) is 136 Å². The molecule has 0 radical (unpaired) electrons. The lowest BCUT2D eigenvalue weighted by atomic mass is 10.0. The molecule has 0 rings (SSSR count). The Morgan fingerprint density at radius 3 is 1.38 bits per heavy atom. The fraction of sp³-hybridized carbons (Fsp3) is 0.795. The number of rotatable bonds is 35. The fourth-order valence-electron chi connectivity index (χ4n) is 4.50. The highest BCUT2D eigenvalue weighted by molar-refractivity contribution is 5.81. The number of hydrogen-bond donors (Lipinski definition) is 8. The average Bonchev–Trinajstić information content (AvgIpc) is 3.18. The lowest BCUT2D eigenvalue weighted by Crippen LogP contribution is -2.38. The number of carboxylic acid groups (broad SMARTS) is 2. The van der Waals surface area contributed by atoms with Gasteiger partial charge in [0.1, 0.15) is 19.8 Å². The second kappa shape index (κ2) is 51.2. The summed E-state index contributed by atoms with van der Waals surface area (Å²) in [5.74, 6) is 2.20. The minimum atomic E-state index is -1.01. The highest BCUT2D eigenvalue weighted by Crippen LogP contribution is 2.13. The van der Waals surface area contributed by atoms with Crippen molar-refractivity contribution in [1.29, 1.82) is 0 Å². The van der Waals surface area contributed by atoms with Crippen molar-refractivity contribution in [2.75, 3.05) is 65.8 Å². The summed E-state index contributed by atoms with van der Waals surface area (Å²) in [5.41, 5.74) is 5.14. The minimum Gasteiger partial charge on any atom is -0.481 e. The van der Waals surface area contributed by atoms with Crippen LogP contribution >= 0.6 is 0 Å². The van der Waals surface area contributed by atoms with E-state index >= 15 is 0 Å². The van der Waals surface area contributed by atoms with Gasteiger partial charge in [-0.2, -0.15) is 0 Å². The quantitative estimate of drug-likeness (QED) is 0.0260. The van der Waals surface area contributed by atoms with Gasteiger partial charge in [0.05, 0.1) is 19.8 Å². The van der Waals surface area contributed by atoms with Crippen LogP contribution in [0.1, 0.15) is 136 Å². The highest BCUT2D eigenvalue weighted by Gasteiger charge is 2.04. The highest BCUT2D eigenvalue weighted by atomic mass is 16.6. The first-order valence-electron chi connectivity index (χ1n) is 20.0. The van der Waals surface area contributed by atoms with Crippen LogP contribution < -0.4 is 32.9 Å². The summed E-state index contributed by atoms with van der Waals surface area (Å²) in [5, 5.41) is 27.1. The SMILES string of the molecule is C#C.CCC(=O)NCCOCCOCC(=O)NCCNC(=O)CON.CCCCN.O=C(O)CCCCCCCCCCCCCCCCC(=O)NCC(=O)O. The van der Waals surface area contributed by atoms with Crippen molar-refractivity contribution >= 4 is 35.6 Å². The van der Waals surface area contributed by atoms with Gasteiger partial charge in [-0.15, -0.1) is 12.8 Å². The summed E-state index contributed by atoms with van der Waals surface area (Å²) in [6.07, 6.45) is 27.6. The first-order valence-corrected chi connectivity index (χ1v) is 20.0. The number of terminal acetylenes is 1. The summed E-state index contributed by atoms with van der Waals surface area (Å²) >= 11 is 0. The first kappa shape index (κ1) is 58.9. The van der Waals surface area contributed by atoms with Crippen LogP contribution in [0.5, 0.6) is 0 Å². The number of carbonyl (C=O) groups excluding carboxylic acids is 4. The van der Waals surface area contributed by atoms with Crippen LogP contribution in [-0.4, -0.2) is 112 Å². The number of hydrogen-bond acceptors (Lipinski definition) is 11. The molecule has 328 valence electrons. The number of unbranched alkanes of at least 4 members (excludes halogenated alkanes) is 14. The van der Waals surface area contributed by atoms with E-state index in [-0.39, 0.29) is 63.1 Å². The molecule has 0 atom stereocenters. The Labute approximate surface area is 335 Å². The van der Waals surface area contributed by atoms with Gasteiger partial charge in [-0.1, -0.05) is 97.3 Å². The van der Waals surface area contributed by atoms with E-state index in [9.17, 15) is 28.8 Å². The molecule has 0 aliphatic heterocycles. The Hall–Kier alpha value is -3.82. The van der Waals surface area contributed by atoms with Crippen molar-refractivity contribution in [3.63, 3.8) is 0 Å². The predicted octanol–water partition coefficient (Wildman–Crippen LogP) is 3.18. The van der Waals surface area contributed by atoms with E-state index in [0.717, 1.165) is 45.1 Å². The van der Waals surface area contributed by atoms with E-state index in [1.807, 2.05) is 0 Å². The van der Waals surface area contributed by atoms with Gasteiger partial charge in [-0.25, -0.2) is 5.90 Å². The molecule has 17 nitrogen and oxygen atoms in total. The smallest absolute Gasteiger partial charge is 0.322 e. The summed E-state index contributed by atoms with van der Waals surface area (Å²) in [4.78, 5) is 69.4. The summed E-state index contributed by atoms with van der Waals surface area (Å²) in [6, 6.07) is 0. The molecule has 0 aromatic heterocycles. The lowest BCUT2D eigenvalue weighted by Gasteiger charge is -2.08. The van der Waals surface area contributed by atoms with Gasteiger partial charge in [0.2, 0.25) is 23.6 Å². The molecule has 0 fully saturated rings. The van der Waals surface area contributed by atoms with Crippen molar-refractivity contribution in [3.05, 3.63) is 0 Å². The molecule has 0 aliphatic rings. The zero-order valence-electron chi connectivity index (χ0n) is 34.4. The molecule has 0 unspecified atom stereocenters. The first-order chi connectivity index (χ1) is 27.0. The standard InChI is InChI=1S/C20H37NO5.C13H26N4O6.C4H11N.C2H2/c22-18(21-17-20(25)26)15-13-11-9-7-5-3-1-2-4-6-8-10-12-14-16-19(23)24;1-2-11(18)17-5-6-21-7-8-22-9-12(19)15-3-4-16-13(20)10-23-14;1-2-3-4-5;1-2/h1-17H2,(H,21,22)(H,23,24)(H,25,26);2-10,14H2,1H3,(H,15,19)(H,16,20)(H,17,18);2-5H2,1H3;1-2H.